The quantitative estimate of drug-likeness (QED) is 0.861. The van der Waals surface area contributed by atoms with E-state index in [2.05, 4.69) is 23.9 Å². The van der Waals surface area contributed by atoms with E-state index in [1.807, 2.05) is 0 Å². The van der Waals surface area contributed by atoms with Gasteiger partial charge in [0.25, 0.3) is 0 Å². The Kier molecular flexibility index (Phi) is 4.99. The van der Waals surface area contributed by atoms with Gasteiger partial charge in [-0.15, -0.1) is 0 Å². The summed E-state index contributed by atoms with van der Waals surface area (Å²) in [5, 5.41) is 3.50. The lowest BCUT2D eigenvalue weighted by Crippen LogP contribution is -2.36. The van der Waals surface area contributed by atoms with Crippen LogP contribution in [-0.4, -0.2) is 19.1 Å². The summed E-state index contributed by atoms with van der Waals surface area (Å²) in [4.78, 5) is 11.3. The van der Waals surface area contributed by atoms with Crippen LogP contribution in [0.3, 0.4) is 0 Å². The van der Waals surface area contributed by atoms with Crippen molar-refractivity contribution >= 4 is 5.97 Å². The van der Waals surface area contributed by atoms with Gasteiger partial charge in [-0.1, -0.05) is 26.3 Å². The van der Waals surface area contributed by atoms with Crippen LogP contribution >= 0.6 is 0 Å². The third-order valence-electron chi connectivity index (χ3n) is 4.24. The Labute approximate surface area is 125 Å². The molecule has 3 nitrogen and oxygen atoms in total. The zero-order chi connectivity index (χ0) is 15.5. The van der Waals surface area contributed by atoms with Crippen molar-refractivity contribution < 1.29 is 13.9 Å². The summed E-state index contributed by atoms with van der Waals surface area (Å²) in [7, 11) is 1.25. The first kappa shape index (κ1) is 16.0. The van der Waals surface area contributed by atoms with Gasteiger partial charge in [-0.25, -0.2) is 9.18 Å². The number of benzene rings is 1. The normalized spacial score (nSPS) is 21.0. The molecule has 1 unspecified atom stereocenters. The zero-order valence-electron chi connectivity index (χ0n) is 13.0. The average Bonchev–Trinajstić information content (AvgIpc) is 2.43. The smallest absolute Gasteiger partial charge is 0.340 e. The van der Waals surface area contributed by atoms with Crippen LogP contribution in [0.2, 0.25) is 0 Å². The SMILES string of the molecule is COC(=O)c1ccc(CNC2CCCC(C)(C)C2)cc1F. The van der Waals surface area contributed by atoms with Crippen LogP contribution in [-0.2, 0) is 11.3 Å². The summed E-state index contributed by atoms with van der Waals surface area (Å²) in [6.07, 6.45) is 4.83. The zero-order valence-corrected chi connectivity index (χ0v) is 13.0. The third-order valence-corrected chi connectivity index (χ3v) is 4.24. The standard InChI is InChI=1S/C17H24FNO2/c1-17(2)8-4-5-13(10-17)19-11-12-6-7-14(15(18)9-12)16(20)21-3/h6-7,9,13,19H,4-5,8,10-11H2,1-3H3. The Hall–Kier alpha value is -1.42. The largest absolute Gasteiger partial charge is 0.465 e. The van der Waals surface area contributed by atoms with Gasteiger partial charge >= 0.3 is 5.97 Å². The molecule has 1 aliphatic carbocycles. The van der Waals surface area contributed by atoms with E-state index < -0.39 is 11.8 Å². The Morgan fingerprint density at radius 3 is 2.86 bits per heavy atom. The number of rotatable bonds is 4. The molecule has 116 valence electrons. The highest BCUT2D eigenvalue weighted by Crippen LogP contribution is 2.35. The molecule has 0 amide bonds. The van der Waals surface area contributed by atoms with Gasteiger partial charge in [-0.2, -0.15) is 0 Å². The molecule has 0 saturated heterocycles. The summed E-state index contributed by atoms with van der Waals surface area (Å²) < 4.78 is 18.4. The van der Waals surface area contributed by atoms with Crippen molar-refractivity contribution in [2.75, 3.05) is 7.11 Å². The number of hydrogen-bond acceptors (Lipinski definition) is 3. The fourth-order valence-corrected chi connectivity index (χ4v) is 3.08. The van der Waals surface area contributed by atoms with E-state index in [1.165, 1.54) is 38.5 Å². The minimum atomic E-state index is -0.638. The number of carbonyl (C=O) groups excluding carboxylic acids is 1. The van der Waals surface area contributed by atoms with Crippen molar-refractivity contribution in [3.63, 3.8) is 0 Å². The van der Waals surface area contributed by atoms with Crippen molar-refractivity contribution in [1.82, 2.24) is 5.32 Å². The van der Waals surface area contributed by atoms with E-state index in [0.717, 1.165) is 12.0 Å². The Morgan fingerprint density at radius 1 is 1.48 bits per heavy atom. The van der Waals surface area contributed by atoms with Crippen LogP contribution in [0.4, 0.5) is 4.39 Å². The number of ether oxygens (including phenoxy) is 1. The monoisotopic (exact) mass is 293 g/mol. The molecule has 21 heavy (non-hydrogen) atoms. The minimum absolute atomic E-state index is 0.0138. The molecule has 0 aliphatic heterocycles. The van der Waals surface area contributed by atoms with Gasteiger partial charge in [0.05, 0.1) is 12.7 Å². The van der Waals surface area contributed by atoms with Crippen molar-refractivity contribution in [1.29, 1.82) is 0 Å². The Morgan fingerprint density at radius 2 is 2.24 bits per heavy atom. The number of halogens is 1. The van der Waals surface area contributed by atoms with Crippen LogP contribution in [0, 0.1) is 11.2 Å². The predicted octanol–water partition coefficient (Wildman–Crippen LogP) is 3.67. The highest BCUT2D eigenvalue weighted by atomic mass is 19.1. The summed E-state index contributed by atoms with van der Waals surface area (Å²) in [5.41, 5.74) is 1.22. The molecule has 1 atom stereocenters. The second-order valence-electron chi connectivity index (χ2n) is 6.64. The molecule has 1 fully saturated rings. The molecule has 0 aromatic heterocycles. The predicted molar refractivity (Wildman–Crippen MR) is 80.6 cm³/mol. The number of esters is 1. The Bertz CT molecular complexity index is 514. The molecule has 1 aromatic carbocycles. The summed E-state index contributed by atoms with van der Waals surface area (Å²) in [6, 6.07) is 5.16. The lowest BCUT2D eigenvalue weighted by molar-refractivity contribution is 0.0595. The molecular formula is C17H24FNO2. The molecule has 4 heteroatoms. The van der Waals surface area contributed by atoms with E-state index in [9.17, 15) is 9.18 Å². The van der Waals surface area contributed by atoms with Gasteiger partial charge < -0.3 is 10.1 Å². The number of hydrogen-bond donors (Lipinski definition) is 1. The first-order valence-corrected chi connectivity index (χ1v) is 7.51. The first-order valence-electron chi connectivity index (χ1n) is 7.51. The second-order valence-corrected chi connectivity index (χ2v) is 6.64. The molecule has 1 aromatic rings. The van der Waals surface area contributed by atoms with Gasteiger partial charge in [0, 0.05) is 12.6 Å². The highest BCUT2D eigenvalue weighted by Gasteiger charge is 2.27. The summed E-state index contributed by atoms with van der Waals surface area (Å²) in [5.74, 6) is -1.16. The van der Waals surface area contributed by atoms with Crippen LogP contribution in [0.1, 0.15) is 55.5 Å². The van der Waals surface area contributed by atoms with Crippen molar-refractivity contribution in [2.45, 2.75) is 52.1 Å². The maximum Gasteiger partial charge on any atom is 0.340 e. The molecule has 0 radical (unpaired) electrons. The van der Waals surface area contributed by atoms with E-state index in [1.54, 1.807) is 6.07 Å². The summed E-state index contributed by atoms with van der Waals surface area (Å²) in [6.45, 7) is 5.22. The van der Waals surface area contributed by atoms with Crippen LogP contribution in [0.5, 0.6) is 0 Å². The maximum atomic E-state index is 13.8. The van der Waals surface area contributed by atoms with Crippen LogP contribution < -0.4 is 5.32 Å². The first-order chi connectivity index (χ1) is 9.91. The van der Waals surface area contributed by atoms with E-state index in [0.29, 0.717) is 18.0 Å². The molecule has 0 spiro atoms. The number of nitrogens with one attached hydrogen (secondary N) is 1. The topological polar surface area (TPSA) is 38.3 Å². The van der Waals surface area contributed by atoms with Gasteiger partial charge in [0.15, 0.2) is 0 Å². The van der Waals surface area contributed by atoms with E-state index in [-0.39, 0.29) is 5.56 Å². The van der Waals surface area contributed by atoms with Crippen molar-refractivity contribution in [3.05, 3.63) is 35.1 Å². The molecular weight excluding hydrogens is 269 g/mol. The lowest BCUT2D eigenvalue weighted by atomic mass is 9.75. The van der Waals surface area contributed by atoms with Crippen molar-refractivity contribution in [2.24, 2.45) is 5.41 Å². The number of carbonyl (C=O) groups is 1. The lowest BCUT2D eigenvalue weighted by Gasteiger charge is -2.35. The number of methoxy groups -OCH3 is 1. The van der Waals surface area contributed by atoms with Gasteiger partial charge in [0.1, 0.15) is 5.82 Å². The second kappa shape index (κ2) is 6.56. The van der Waals surface area contributed by atoms with Gasteiger partial charge in [-0.3, -0.25) is 0 Å². The molecule has 1 saturated carbocycles. The van der Waals surface area contributed by atoms with Crippen LogP contribution in [0.15, 0.2) is 18.2 Å². The van der Waals surface area contributed by atoms with Gasteiger partial charge in [0.2, 0.25) is 0 Å². The van der Waals surface area contributed by atoms with E-state index in [4.69, 9.17) is 0 Å². The fraction of sp³-hybridized carbons (Fsp3) is 0.588. The Balaban J connectivity index is 1.95. The molecule has 2 rings (SSSR count). The molecule has 1 aliphatic rings. The average molecular weight is 293 g/mol. The maximum absolute atomic E-state index is 13.8. The highest BCUT2D eigenvalue weighted by molar-refractivity contribution is 5.89. The van der Waals surface area contributed by atoms with Gasteiger partial charge in [-0.05, 0) is 42.4 Å². The van der Waals surface area contributed by atoms with Crippen molar-refractivity contribution in [3.8, 4) is 0 Å². The minimum Gasteiger partial charge on any atom is -0.465 e. The van der Waals surface area contributed by atoms with Crippen LogP contribution in [0.25, 0.3) is 0 Å². The summed E-state index contributed by atoms with van der Waals surface area (Å²) >= 11 is 0. The molecule has 0 heterocycles. The molecule has 1 N–H and O–H groups in total. The molecule has 0 bridgehead atoms. The fourth-order valence-electron chi connectivity index (χ4n) is 3.08. The van der Waals surface area contributed by atoms with E-state index >= 15 is 0 Å². The third kappa shape index (κ3) is 4.27.